The summed E-state index contributed by atoms with van der Waals surface area (Å²) in [6.07, 6.45) is 1.87. The Labute approximate surface area is 102 Å². The SMILES string of the molecule is c1ccc2c3ccnc4ccsc4c-3nc2c1. The molecule has 0 unspecified atom stereocenters. The summed E-state index contributed by atoms with van der Waals surface area (Å²) in [4.78, 5) is 9.16. The van der Waals surface area contributed by atoms with Crippen molar-refractivity contribution in [3.8, 4) is 11.3 Å². The zero-order chi connectivity index (χ0) is 11.2. The van der Waals surface area contributed by atoms with Gasteiger partial charge in [0.05, 0.1) is 21.4 Å². The number of para-hydroxylation sites is 1. The van der Waals surface area contributed by atoms with Gasteiger partial charge in [0, 0.05) is 17.1 Å². The number of thiophene rings is 1. The lowest BCUT2D eigenvalue weighted by Crippen LogP contribution is -1.69. The predicted molar refractivity (Wildman–Crippen MR) is 71.5 cm³/mol. The van der Waals surface area contributed by atoms with E-state index in [4.69, 9.17) is 4.98 Å². The van der Waals surface area contributed by atoms with E-state index in [0.717, 1.165) is 16.7 Å². The Morgan fingerprint density at radius 3 is 2.88 bits per heavy atom. The van der Waals surface area contributed by atoms with Crippen LogP contribution in [0.4, 0.5) is 0 Å². The molecule has 0 amide bonds. The normalized spacial score (nSPS) is 11.5. The molecule has 0 saturated heterocycles. The van der Waals surface area contributed by atoms with Crippen LogP contribution < -0.4 is 0 Å². The molecule has 3 heteroatoms. The molecule has 0 radical (unpaired) electrons. The van der Waals surface area contributed by atoms with E-state index in [9.17, 15) is 0 Å². The van der Waals surface area contributed by atoms with Crippen molar-refractivity contribution in [1.29, 1.82) is 0 Å². The second kappa shape index (κ2) is 3.25. The summed E-state index contributed by atoms with van der Waals surface area (Å²) in [6.45, 7) is 0. The molecule has 2 aromatic rings. The number of fused-ring (bicyclic) bond motifs is 5. The Hall–Kier alpha value is -2.00. The molecule has 3 heterocycles. The molecule has 0 atom stereocenters. The number of rotatable bonds is 0. The minimum Gasteiger partial charge on any atom is -0.255 e. The molecule has 1 aromatic carbocycles. The summed E-state index contributed by atoms with van der Waals surface area (Å²) in [5, 5.41) is 3.27. The van der Waals surface area contributed by atoms with Gasteiger partial charge in [-0.2, -0.15) is 0 Å². The van der Waals surface area contributed by atoms with Crippen molar-refractivity contribution in [1.82, 2.24) is 9.97 Å². The number of benzene rings is 1. The highest BCUT2D eigenvalue weighted by Crippen LogP contribution is 2.36. The maximum absolute atomic E-state index is 4.73. The zero-order valence-corrected chi connectivity index (χ0v) is 9.74. The first-order valence-electron chi connectivity index (χ1n) is 5.44. The van der Waals surface area contributed by atoms with Gasteiger partial charge in [-0.15, -0.1) is 11.3 Å². The summed E-state index contributed by atoms with van der Waals surface area (Å²) < 4.78 is 1.17. The quantitative estimate of drug-likeness (QED) is 0.462. The second-order valence-corrected chi connectivity index (χ2v) is 4.89. The van der Waals surface area contributed by atoms with Crippen LogP contribution in [-0.4, -0.2) is 9.97 Å². The summed E-state index contributed by atoms with van der Waals surface area (Å²) in [5.74, 6) is 0. The Balaban J connectivity index is 2.30. The van der Waals surface area contributed by atoms with Crippen molar-refractivity contribution in [3.05, 3.63) is 48.0 Å². The van der Waals surface area contributed by atoms with Crippen LogP contribution in [0.2, 0.25) is 0 Å². The van der Waals surface area contributed by atoms with Gasteiger partial charge < -0.3 is 0 Å². The van der Waals surface area contributed by atoms with E-state index in [1.54, 1.807) is 11.3 Å². The molecule has 0 spiro atoms. The largest absolute Gasteiger partial charge is 0.255 e. The van der Waals surface area contributed by atoms with Gasteiger partial charge in [-0.25, -0.2) is 4.98 Å². The van der Waals surface area contributed by atoms with Crippen molar-refractivity contribution in [2.75, 3.05) is 0 Å². The summed E-state index contributed by atoms with van der Waals surface area (Å²) in [6, 6.07) is 12.3. The number of hydrogen-bond acceptors (Lipinski definition) is 3. The maximum atomic E-state index is 4.73. The van der Waals surface area contributed by atoms with E-state index in [1.165, 1.54) is 15.6 Å². The molecule has 0 saturated carbocycles. The molecule has 17 heavy (non-hydrogen) atoms. The van der Waals surface area contributed by atoms with Crippen LogP contribution in [0.1, 0.15) is 0 Å². The van der Waals surface area contributed by atoms with E-state index in [2.05, 4.69) is 34.6 Å². The van der Waals surface area contributed by atoms with E-state index in [0.29, 0.717) is 0 Å². The lowest BCUT2D eigenvalue weighted by Gasteiger charge is -1.90. The molecule has 0 aliphatic carbocycles. The molecule has 0 bridgehead atoms. The predicted octanol–water partition coefficient (Wildman–Crippen LogP) is 3.95. The van der Waals surface area contributed by atoms with E-state index >= 15 is 0 Å². The van der Waals surface area contributed by atoms with Gasteiger partial charge in [-0.3, -0.25) is 4.98 Å². The van der Waals surface area contributed by atoms with E-state index < -0.39 is 0 Å². The molecule has 2 aliphatic rings. The Morgan fingerprint density at radius 1 is 0.941 bits per heavy atom. The average molecular weight is 236 g/mol. The van der Waals surface area contributed by atoms with Crippen LogP contribution in [0.15, 0.2) is 48.0 Å². The first-order valence-corrected chi connectivity index (χ1v) is 6.32. The third kappa shape index (κ3) is 1.20. The molecule has 0 fully saturated rings. The summed E-state index contributed by atoms with van der Waals surface area (Å²) >= 11 is 1.70. The molecule has 80 valence electrons. The minimum absolute atomic E-state index is 1.02. The Morgan fingerprint density at radius 2 is 1.88 bits per heavy atom. The van der Waals surface area contributed by atoms with Gasteiger partial charge in [0.25, 0.3) is 0 Å². The third-order valence-corrected chi connectivity index (χ3v) is 3.91. The minimum atomic E-state index is 1.02. The van der Waals surface area contributed by atoms with E-state index in [-0.39, 0.29) is 0 Å². The summed E-state index contributed by atoms with van der Waals surface area (Å²) in [5.41, 5.74) is 4.33. The van der Waals surface area contributed by atoms with Crippen LogP contribution in [0.3, 0.4) is 0 Å². The van der Waals surface area contributed by atoms with Crippen molar-refractivity contribution in [3.63, 3.8) is 0 Å². The van der Waals surface area contributed by atoms with Crippen molar-refractivity contribution < 1.29 is 0 Å². The van der Waals surface area contributed by atoms with Gasteiger partial charge in [0.2, 0.25) is 0 Å². The first-order chi connectivity index (χ1) is 8.43. The van der Waals surface area contributed by atoms with Crippen LogP contribution in [0.5, 0.6) is 0 Å². The van der Waals surface area contributed by atoms with Crippen LogP contribution in [0.25, 0.3) is 32.4 Å². The summed E-state index contributed by atoms with van der Waals surface area (Å²) in [7, 11) is 0. The highest BCUT2D eigenvalue weighted by molar-refractivity contribution is 7.17. The van der Waals surface area contributed by atoms with E-state index in [1.807, 2.05) is 18.3 Å². The van der Waals surface area contributed by atoms with Crippen LogP contribution >= 0.6 is 11.3 Å². The highest BCUT2D eigenvalue weighted by Gasteiger charge is 2.14. The van der Waals surface area contributed by atoms with Gasteiger partial charge in [0.15, 0.2) is 0 Å². The fraction of sp³-hybridized carbons (Fsp3) is 0. The maximum Gasteiger partial charge on any atom is 0.0910 e. The Kier molecular flexibility index (Phi) is 1.73. The fourth-order valence-corrected chi connectivity index (χ4v) is 3.06. The second-order valence-electron chi connectivity index (χ2n) is 3.97. The lowest BCUT2D eigenvalue weighted by atomic mass is 10.1. The smallest absolute Gasteiger partial charge is 0.0910 e. The molecular formula is C14H8N2S. The van der Waals surface area contributed by atoms with Crippen molar-refractivity contribution in [2.24, 2.45) is 0 Å². The lowest BCUT2D eigenvalue weighted by molar-refractivity contribution is 1.45. The Bertz CT molecular complexity index is 804. The number of aromatic nitrogens is 2. The molecule has 0 N–H and O–H groups in total. The van der Waals surface area contributed by atoms with Gasteiger partial charge in [-0.1, -0.05) is 18.2 Å². The third-order valence-electron chi connectivity index (χ3n) is 3.00. The molecule has 1 aromatic heterocycles. The standard InChI is InChI=1S/C14H8N2S/c1-2-4-11-9(3-1)10-5-7-15-12-6-8-17-14(12)13(10)16-11/h1-8H. The fourth-order valence-electron chi connectivity index (χ4n) is 2.22. The topological polar surface area (TPSA) is 25.8 Å². The highest BCUT2D eigenvalue weighted by atomic mass is 32.1. The van der Waals surface area contributed by atoms with Crippen molar-refractivity contribution >= 4 is 32.5 Å². The molecule has 2 aliphatic heterocycles. The number of nitrogens with zero attached hydrogens (tertiary/aromatic N) is 2. The van der Waals surface area contributed by atoms with Gasteiger partial charge in [-0.05, 0) is 23.6 Å². The molecule has 2 nitrogen and oxygen atoms in total. The monoisotopic (exact) mass is 236 g/mol. The van der Waals surface area contributed by atoms with Gasteiger partial charge >= 0.3 is 0 Å². The molecule has 4 rings (SSSR count). The van der Waals surface area contributed by atoms with Gasteiger partial charge in [0.1, 0.15) is 0 Å². The molecular weight excluding hydrogens is 228 g/mol. The number of hydrogen-bond donors (Lipinski definition) is 0. The van der Waals surface area contributed by atoms with Crippen LogP contribution in [0, 0.1) is 0 Å². The zero-order valence-electron chi connectivity index (χ0n) is 8.92. The first kappa shape index (κ1) is 9.07. The van der Waals surface area contributed by atoms with Crippen LogP contribution in [-0.2, 0) is 0 Å². The van der Waals surface area contributed by atoms with Crippen molar-refractivity contribution in [2.45, 2.75) is 0 Å². The average Bonchev–Trinajstić information content (AvgIpc) is 2.91.